The van der Waals surface area contributed by atoms with Crippen LogP contribution < -0.4 is 4.87 Å². The fourth-order valence-corrected chi connectivity index (χ4v) is 3.81. The van der Waals surface area contributed by atoms with Crippen LogP contribution in [-0.4, -0.2) is 41.0 Å². The van der Waals surface area contributed by atoms with Crippen molar-refractivity contribution in [3.63, 3.8) is 0 Å². The number of rotatable bonds is 5. The van der Waals surface area contributed by atoms with Gasteiger partial charge in [-0.3, -0.25) is 4.79 Å². The van der Waals surface area contributed by atoms with Crippen LogP contribution in [0.1, 0.15) is 29.7 Å². The molecular formula is C19H18N4O4S. The smallest absolute Gasteiger partial charge is 0.305 e. The van der Waals surface area contributed by atoms with Gasteiger partial charge in [-0.2, -0.15) is 5.10 Å². The zero-order valence-corrected chi connectivity index (χ0v) is 15.7. The number of pyridine rings is 1. The molecule has 4 rings (SSSR count). The lowest BCUT2D eigenvalue weighted by Crippen LogP contribution is -2.29. The molecule has 0 fully saturated rings. The number of thiazole rings is 1. The van der Waals surface area contributed by atoms with Gasteiger partial charge in [0.2, 0.25) is 0 Å². The maximum atomic E-state index is 11.5. The highest BCUT2D eigenvalue weighted by Gasteiger charge is 2.19. The van der Waals surface area contributed by atoms with Crippen LogP contribution in [0.15, 0.2) is 53.6 Å². The molecule has 1 unspecified atom stereocenters. The highest BCUT2D eigenvalue weighted by Crippen LogP contribution is 2.26. The van der Waals surface area contributed by atoms with Crippen LogP contribution in [0, 0.1) is 0 Å². The largest absolute Gasteiger partial charge is 0.343 e. The first-order valence-electron chi connectivity index (χ1n) is 8.59. The van der Waals surface area contributed by atoms with Crippen molar-refractivity contribution in [3.8, 4) is 5.82 Å². The highest BCUT2D eigenvalue weighted by atomic mass is 32.1. The summed E-state index contributed by atoms with van der Waals surface area (Å²) in [4.78, 5) is 18.5. The number of nitrogens with one attached hydrogen (secondary N) is 1. The Labute approximate surface area is 163 Å². The summed E-state index contributed by atoms with van der Waals surface area (Å²) < 4.78 is 2.55. The van der Waals surface area contributed by atoms with Crippen molar-refractivity contribution in [1.82, 2.24) is 19.7 Å². The van der Waals surface area contributed by atoms with Crippen LogP contribution in [0.2, 0.25) is 0 Å². The molecular weight excluding hydrogens is 380 g/mol. The molecule has 1 atom stereocenters. The van der Waals surface area contributed by atoms with Gasteiger partial charge in [0.15, 0.2) is 5.82 Å². The van der Waals surface area contributed by atoms with E-state index in [4.69, 9.17) is 15.3 Å². The Morgan fingerprint density at radius 1 is 1.21 bits per heavy atom. The molecule has 0 aliphatic rings. The summed E-state index contributed by atoms with van der Waals surface area (Å²) in [5, 5.41) is 31.7. The van der Waals surface area contributed by atoms with Crippen molar-refractivity contribution in [1.29, 1.82) is 0 Å². The van der Waals surface area contributed by atoms with Gasteiger partial charge in [-0.25, -0.2) is 9.67 Å². The lowest BCUT2D eigenvalue weighted by atomic mass is 9.98. The molecule has 9 heteroatoms. The minimum atomic E-state index is -2.76. The van der Waals surface area contributed by atoms with Crippen LogP contribution in [0.25, 0.3) is 16.0 Å². The summed E-state index contributed by atoms with van der Waals surface area (Å²) in [5.41, 5.74) is 3.23. The van der Waals surface area contributed by atoms with E-state index in [0.717, 1.165) is 21.5 Å². The number of fused-ring (bicyclic) bond motifs is 1. The number of benzene rings is 1. The summed E-state index contributed by atoms with van der Waals surface area (Å²) in [6, 6.07) is 11.1. The fraction of sp³-hybridized carbons (Fsp3) is 0.211. The van der Waals surface area contributed by atoms with E-state index in [0.29, 0.717) is 11.4 Å². The number of aromatic nitrogens is 4. The SMILES string of the molecule is CC(c1ccc2[nH]c(=O)sc2c1)c1ccn(-c2ccc(CC(O)(O)O)cn2)n1. The Bertz CT molecular complexity index is 1170. The van der Waals surface area contributed by atoms with Crippen LogP contribution in [0.3, 0.4) is 0 Å². The molecule has 0 amide bonds. The number of H-pyrrole nitrogens is 1. The molecule has 0 saturated carbocycles. The number of aliphatic hydroxyl groups is 3. The summed E-state index contributed by atoms with van der Waals surface area (Å²) in [6.45, 7) is 2.04. The van der Waals surface area contributed by atoms with Crippen molar-refractivity contribution in [2.45, 2.75) is 25.2 Å². The first kappa shape index (κ1) is 18.5. The summed E-state index contributed by atoms with van der Waals surface area (Å²) in [7, 11) is 0. The van der Waals surface area contributed by atoms with E-state index in [-0.39, 0.29) is 17.2 Å². The van der Waals surface area contributed by atoms with Gasteiger partial charge in [-0.05, 0) is 35.4 Å². The summed E-state index contributed by atoms with van der Waals surface area (Å²) >= 11 is 1.19. The van der Waals surface area contributed by atoms with Crippen molar-refractivity contribution >= 4 is 21.6 Å². The molecule has 0 aliphatic heterocycles. The molecule has 0 saturated heterocycles. The molecule has 28 heavy (non-hydrogen) atoms. The van der Waals surface area contributed by atoms with Crippen molar-refractivity contribution < 1.29 is 15.3 Å². The maximum absolute atomic E-state index is 11.5. The minimum absolute atomic E-state index is 0.0286. The van der Waals surface area contributed by atoms with E-state index >= 15 is 0 Å². The lowest BCUT2D eigenvalue weighted by Gasteiger charge is -2.13. The van der Waals surface area contributed by atoms with Crippen LogP contribution >= 0.6 is 11.3 Å². The van der Waals surface area contributed by atoms with Gasteiger partial charge in [-0.15, -0.1) is 0 Å². The van der Waals surface area contributed by atoms with Crippen molar-refractivity contribution in [2.75, 3.05) is 0 Å². The Morgan fingerprint density at radius 2 is 2.04 bits per heavy atom. The second kappa shape index (κ2) is 6.95. The first-order valence-corrected chi connectivity index (χ1v) is 9.41. The molecule has 1 aromatic carbocycles. The van der Waals surface area contributed by atoms with Crippen LogP contribution in [-0.2, 0) is 6.42 Å². The first-order chi connectivity index (χ1) is 13.3. The number of aromatic amines is 1. The summed E-state index contributed by atoms with van der Waals surface area (Å²) in [6.07, 6.45) is 2.92. The molecule has 0 spiro atoms. The van der Waals surface area contributed by atoms with Gasteiger partial charge >= 0.3 is 4.87 Å². The lowest BCUT2D eigenvalue weighted by molar-refractivity contribution is -0.309. The Balaban J connectivity index is 1.56. The molecule has 4 aromatic rings. The average Bonchev–Trinajstić information content (AvgIpc) is 3.25. The van der Waals surface area contributed by atoms with Gasteiger partial charge in [0.05, 0.1) is 22.3 Å². The Hall–Kier alpha value is -2.85. The Kier molecular flexibility index (Phi) is 4.60. The normalized spacial score (nSPS) is 13.1. The average molecular weight is 398 g/mol. The minimum Gasteiger partial charge on any atom is -0.343 e. The molecule has 4 N–H and O–H groups in total. The summed E-state index contributed by atoms with van der Waals surface area (Å²) in [5.74, 6) is -2.16. The second-order valence-electron chi connectivity index (χ2n) is 6.65. The van der Waals surface area contributed by atoms with E-state index in [9.17, 15) is 4.79 Å². The molecule has 3 heterocycles. The molecule has 0 bridgehead atoms. The zero-order chi connectivity index (χ0) is 19.9. The topological polar surface area (TPSA) is 124 Å². The molecule has 8 nitrogen and oxygen atoms in total. The standard InChI is InChI=1S/C19H18N4O4S/c1-11(13-3-4-15-16(8-13)28-18(24)21-15)14-6-7-23(22-14)17-5-2-12(10-20-17)9-19(25,26)27/h2-8,10-11,25-27H,9H2,1H3,(H,21,24). The van der Waals surface area contributed by atoms with E-state index < -0.39 is 5.97 Å². The van der Waals surface area contributed by atoms with Gasteiger partial charge in [0.1, 0.15) is 0 Å². The maximum Gasteiger partial charge on any atom is 0.305 e. The van der Waals surface area contributed by atoms with Gasteiger partial charge in [0, 0.05) is 18.3 Å². The third-order valence-electron chi connectivity index (χ3n) is 4.48. The zero-order valence-electron chi connectivity index (χ0n) is 14.9. The second-order valence-corrected chi connectivity index (χ2v) is 7.67. The van der Waals surface area contributed by atoms with E-state index in [2.05, 4.69) is 15.1 Å². The monoisotopic (exact) mass is 398 g/mol. The van der Waals surface area contributed by atoms with Gasteiger partial charge in [0.25, 0.3) is 5.97 Å². The van der Waals surface area contributed by atoms with Gasteiger partial charge < -0.3 is 20.3 Å². The molecule has 0 radical (unpaired) electrons. The molecule has 0 aliphatic carbocycles. The fourth-order valence-electron chi connectivity index (χ4n) is 3.03. The highest BCUT2D eigenvalue weighted by molar-refractivity contribution is 7.16. The number of nitrogens with zero attached hydrogens (tertiary/aromatic N) is 3. The predicted octanol–water partition coefficient (Wildman–Crippen LogP) is 1.50. The quantitative estimate of drug-likeness (QED) is 0.378. The van der Waals surface area contributed by atoms with Crippen molar-refractivity contribution in [2.24, 2.45) is 0 Å². The third-order valence-corrected chi connectivity index (χ3v) is 5.33. The van der Waals surface area contributed by atoms with Crippen LogP contribution in [0.5, 0.6) is 0 Å². The van der Waals surface area contributed by atoms with E-state index in [1.807, 2.05) is 31.2 Å². The van der Waals surface area contributed by atoms with E-state index in [1.54, 1.807) is 23.0 Å². The number of hydrogen-bond donors (Lipinski definition) is 4. The van der Waals surface area contributed by atoms with E-state index in [1.165, 1.54) is 17.5 Å². The number of hydrogen-bond acceptors (Lipinski definition) is 7. The molecule has 3 aromatic heterocycles. The van der Waals surface area contributed by atoms with Crippen LogP contribution in [0.4, 0.5) is 0 Å². The third kappa shape index (κ3) is 3.87. The Morgan fingerprint density at radius 3 is 2.75 bits per heavy atom. The molecule has 144 valence electrons. The van der Waals surface area contributed by atoms with Gasteiger partial charge in [-0.1, -0.05) is 30.4 Å². The van der Waals surface area contributed by atoms with Crippen molar-refractivity contribution in [3.05, 3.63) is 75.3 Å². The predicted molar refractivity (Wildman–Crippen MR) is 104 cm³/mol.